The summed E-state index contributed by atoms with van der Waals surface area (Å²) in [6.07, 6.45) is 2.29. The highest BCUT2D eigenvalue weighted by Crippen LogP contribution is 2.26. The van der Waals surface area contributed by atoms with Gasteiger partial charge in [0.1, 0.15) is 17.4 Å². The monoisotopic (exact) mass is 346 g/mol. The van der Waals surface area contributed by atoms with Crippen molar-refractivity contribution in [2.24, 2.45) is 0 Å². The minimum Gasteiger partial charge on any atom is -0.495 e. The Hall–Kier alpha value is -2.45. The molecule has 0 aliphatic rings. The molecule has 126 valence electrons. The quantitative estimate of drug-likeness (QED) is 0.711. The molecule has 2 aromatic heterocycles. The molecule has 3 rings (SSSR count). The number of nitrogens with zero attached hydrogens (tertiary/aromatic N) is 3. The smallest absolute Gasteiger partial charge is 0.227 e. The molecule has 0 bridgehead atoms. The molecule has 0 saturated carbocycles. The van der Waals surface area contributed by atoms with E-state index in [0.717, 1.165) is 21.7 Å². The molecule has 0 radical (unpaired) electrons. The molecule has 0 fully saturated rings. The van der Waals surface area contributed by atoms with Crippen LogP contribution in [0, 0.1) is 0 Å². The van der Waals surface area contributed by atoms with E-state index in [4.69, 9.17) is 9.47 Å². The van der Waals surface area contributed by atoms with E-state index in [1.54, 1.807) is 14.2 Å². The fraction of sp³-hybridized carbons (Fsp3) is 0.312. The van der Waals surface area contributed by atoms with E-state index in [9.17, 15) is 4.79 Å². The molecule has 0 unspecified atom stereocenters. The van der Waals surface area contributed by atoms with Crippen molar-refractivity contribution in [1.82, 2.24) is 14.8 Å². The van der Waals surface area contributed by atoms with E-state index in [1.807, 2.05) is 35.0 Å². The van der Waals surface area contributed by atoms with Crippen LogP contribution in [0.4, 0.5) is 5.13 Å². The molecule has 24 heavy (non-hydrogen) atoms. The Morgan fingerprint density at radius 2 is 2.17 bits per heavy atom. The summed E-state index contributed by atoms with van der Waals surface area (Å²) in [4.78, 5) is 12.1. The molecule has 8 heteroatoms. The van der Waals surface area contributed by atoms with Crippen LogP contribution >= 0.6 is 11.3 Å². The predicted octanol–water partition coefficient (Wildman–Crippen LogP) is 2.68. The number of para-hydroxylation sites is 1. The zero-order valence-electron chi connectivity index (χ0n) is 13.5. The highest BCUT2D eigenvalue weighted by molar-refractivity contribution is 7.15. The normalized spacial score (nSPS) is 10.9. The summed E-state index contributed by atoms with van der Waals surface area (Å²) in [5.74, 6) is 0.693. The third-order valence-corrected chi connectivity index (χ3v) is 4.34. The molecule has 1 N–H and O–H groups in total. The van der Waals surface area contributed by atoms with E-state index in [0.29, 0.717) is 24.7 Å². The lowest BCUT2D eigenvalue weighted by Crippen LogP contribution is -2.14. The molecule has 0 saturated heterocycles. The van der Waals surface area contributed by atoms with Gasteiger partial charge in [-0.2, -0.15) is 0 Å². The third kappa shape index (κ3) is 3.55. The Balaban J connectivity index is 1.64. The molecule has 0 aliphatic carbocycles. The van der Waals surface area contributed by atoms with E-state index < -0.39 is 0 Å². The Kier molecular flexibility index (Phi) is 5.07. The van der Waals surface area contributed by atoms with Crippen LogP contribution < -0.4 is 10.1 Å². The fourth-order valence-electron chi connectivity index (χ4n) is 2.47. The van der Waals surface area contributed by atoms with Crippen LogP contribution in [0.25, 0.3) is 10.9 Å². The standard InChI is InChI=1S/C16H18N4O3S/c1-22-10-14-18-19-16(24-14)17-13(21)7-9-20-8-6-11-4-3-5-12(23-2)15(11)20/h3-6,8H,7,9-10H2,1-2H3,(H,17,19,21). The van der Waals surface area contributed by atoms with Gasteiger partial charge in [-0.3, -0.25) is 4.79 Å². The molecule has 0 spiro atoms. The maximum atomic E-state index is 12.1. The lowest BCUT2D eigenvalue weighted by atomic mass is 10.2. The number of hydrogen-bond donors (Lipinski definition) is 1. The summed E-state index contributed by atoms with van der Waals surface area (Å²) in [6.45, 7) is 0.947. The molecule has 1 aromatic carbocycles. The Bertz CT molecular complexity index is 843. The van der Waals surface area contributed by atoms with Crippen molar-refractivity contribution < 1.29 is 14.3 Å². The van der Waals surface area contributed by atoms with Crippen LogP contribution in [0.2, 0.25) is 0 Å². The van der Waals surface area contributed by atoms with Gasteiger partial charge in [-0.05, 0) is 12.1 Å². The molecule has 1 amide bonds. The first-order valence-electron chi connectivity index (χ1n) is 7.44. The second-order valence-corrected chi connectivity index (χ2v) is 6.20. The average molecular weight is 346 g/mol. The first-order chi connectivity index (χ1) is 11.7. The van der Waals surface area contributed by atoms with E-state index in [1.165, 1.54) is 11.3 Å². The van der Waals surface area contributed by atoms with Crippen molar-refractivity contribution in [3.05, 3.63) is 35.5 Å². The summed E-state index contributed by atoms with van der Waals surface area (Å²) in [5.41, 5.74) is 0.992. The van der Waals surface area contributed by atoms with Gasteiger partial charge in [-0.15, -0.1) is 10.2 Å². The summed E-state index contributed by atoms with van der Waals surface area (Å²) in [6, 6.07) is 7.90. The van der Waals surface area contributed by atoms with Gasteiger partial charge >= 0.3 is 0 Å². The molecule has 2 heterocycles. The number of amides is 1. The van der Waals surface area contributed by atoms with Crippen LogP contribution in [0.3, 0.4) is 0 Å². The van der Waals surface area contributed by atoms with Gasteiger partial charge in [0.05, 0.1) is 12.6 Å². The number of benzene rings is 1. The molecular formula is C16H18N4O3S. The SMILES string of the molecule is COCc1nnc(NC(=O)CCn2ccc3cccc(OC)c32)s1. The number of nitrogens with one attached hydrogen (secondary N) is 1. The fourth-order valence-corrected chi connectivity index (χ4v) is 3.19. The maximum Gasteiger partial charge on any atom is 0.227 e. The third-order valence-electron chi connectivity index (χ3n) is 3.53. The zero-order valence-corrected chi connectivity index (χ0v) is 14.3. The number of methoxy groups -OCH3 is 2. The Morgan fingerprint density at radius 1 is 1.29 bits per heavy atom. The molecule has 0 atom stereocenters. The minimum absolute atomic E-state index is 0.105. The topological polar surface area (TPSA) is 78.3 Å². The molecule has 3 aromatic rings. The number of carbonyl (C=O) groups excluding carboxylic acids is 1. The van der Waals surface area contributed by atoms with Crippen molar-refractivity contribution in [2.45, 2.75) is 19.6 Å². The highest BCUT2D eigenvalue weighted by atomic mass is 32.1. The number of rotatable bonds is 7. The second kappa shape index (κ2) is 7.41. The van der Waals surface area contributed by atoms with Gasteiger partial charge < -0.3 is 19.4 Å². The number of ether oxygens (including phenoxy) is 2. The number of anilines is 1. The van der Waals surface area contributed by atoms with E-state index >= 15 is 0 Å². The van der Waals surface area contributed by atoms with Gasteiger partial charge in [-0.25, -0.2) is 0 Å². The largest absolute Gasteiger partial charge is 0.495 e. The number of fused-ring (bicyclic) bond motifs is 1. The van der Waals surface area contributed by atoms with Gasteiger partial charge in [0.25, 0.3) is 0 Å². The first kappa shape index (κ1) is 16.4. The Morgan fingerprint density at radius 3 is 2.96 bits per heavy atom. The van der Waals surface area contributed by atoms with E-state index in [-0.39, 0.29) is 5.91 Å². The zero-order chi connectivity index (χ0) is 16.9. The van der Waals surface area contributed by atoms with Gasteiger partial charge in [-0.1, -0.05) is 23.5 Å². The van der Waals surface area contributed by atoms with Gasteiger partial charge in [0, 0.05) is 31.7 Å². The summed E-state index contributed by atoms with van der Waals surface area (Å²) in [7, 11) is 3.24. The lowest BCUT2D eigenvalue weighted by molar-refractivity contribution is -0.116. The number of hydrogen-bond acceptors (Lipinski definition) is 6. The number of carbonyl (C=O) groups is 1. The van der Waals surface area contributed by atoms with Crippen molar-refractivity contribution in [2.75, 3.05) is 19.5 Å². The van der Waals surface area contributed by atoms with E-state index in [2.05, 4.69) is 15.5 Å². The van der Waals surface area contributed by atoms with Crippen LogP contribution in [-0.4, -0.2) is 34.9 Å². The summed E-state index contributed by atoms with van der Waals surface area (Å²) in [5, 5.41) is 12.9. The van der Waals surface area contributed by atoms with Crippen LogP contribution in [0.5, 0.6) is 5.75 Å². The van der Waals surface area contributed by atoms with Gasteiger partial charge in [0.2, 0.25) is 11.0 Å². The van der Waals surface area contributed by atoms with Crippen molar-refractivity contribution in [1.29, 1.82) is 0 Å². The average Bonchev–Trinajstić information content (AvgIpc) is 3.20. The van der Waals surface area contributed by atoms with Crippen molar-refractivity contribution in [3.63, 3.8) is 0 Å². The predicted molar refractivity (Wildman–Crippen MR) is 92.4 cm³/mol. The Labute approximate surface area is 143 Å². The highest BCUT2D eigenvalue weighted by Gasteiger charge is 2.11. The summed E-state index contributed by atoms with van der Waals surface area (Å²) >= 11 is 1.31. The van der Waals surface area contributed by atoms with Crippen LogP contribution in [0.1, 0.15) is 11.4 Å². The minimum atomic E-state index is -0.105. The van der Waals surface area contributed by atoms with Crippen LogP contribution in [-0.2, 0) is 22.7 Å². The number of aryl methyl sites for hydroxylation is 1. The second-order valence-electron chi connectivity index (χ2n) is 5.14. The summed E-state index contributed by atoms with van der Waals surface area (Å²) < 4.78 is 12.4. The molecule has 7 nitrogen and oxygen atoms in total. The van der Waals surface area contributed by atoms with Crippen molar-refractivity contribution >= 4 is 33.3 Å². The number of aromatic nitrogens is 3. The van der Waals surface area contributed by atoms with Gasteiger partial charge in [0.15, 0.2) is 0 Å². The van der Waals surface area contributed by atoms with Crippen LogP contribution in [0.15, 0.2) is 30.5 Å². The first-order valence-corrected chi connectivity index (χ1v) is 8.26. The lowest BCUT2D eigenvalue weighted by Gasteiger charge is -2.08. The maximum absolute atomic E-state index is 12.1. The van der Waals surface area contributed by atoms with Crippen molar-refractivity contribution in [3.8, 4) is 5.75 Å². The molecule has 0 aliphatic heterocycles. The molecular weight excluding hydrogens is 328 g/mol.